The van der Waals surface area contributed by atoms with E-state index in [2.05, 4.69) is 20.5 Å². The lowest BCUT2D eigenvalue weighted by atomic mass is 10.2. The fraction of sp³-hybridized carbons (Fsp3) is 0. The molecule has 0 bridgehead atoms. The van der Waals surface area contributed by atoms with Crippen molar-refractivity contribution in [1.29, 1.82) is 0 Å². The van der Waals surface area contributed by atoms with E-state index < -0.39 is 5.91 Å². The molecule has 0 aliphatic heterocycles. The summed E-state index contributed by atoms with van der Waals surface area (Å²) in [6.45, 7) is 0. The molecule has 2 heterocycles. The lowest BCUT2D eigenvalue weighted by Crippen LogP contribution is -2.11. The quantitative estimate of drug-likeness (QED) is 0.614. The lowest BCUT2D eigenvalue weighted by molar-refractivity contribution is 0.102. The van der Waals surface area contributed by atoms with E-state index in [1.165, 1.54) is 35.6 Å². The van der Waals surface area contributed by atoms with E-state index in [-0.39, 0.29) is 17.7 Å². The van der Waals surface area contributed by atoms with Crippen molar-refractivity contribution >= 4 is 33.5 Å². The molecule has 4 aromatic rings. The predicted octanol–water partition coefficient (Wildman–Crippen LogP) is 3.74. The summed E-state index contributed by atoms with van der Waals surface area (Å²) in [6, 6.07) is 13.0. The number of thiazole rings is 1. The number of hydrogen-bond acceptors (Lipinski definition) is 6. The number of nitrogens with zero attached hydrogens (tertiary/aromatic N) is 3. The van der Waals surface area contributed by atoms with Crippen LogP contribution in [0.2, 0.25) is 0 Å². The van der Waals surface area contributed by atoms with Crippen molar-refractivity contribution in [2.24, 2.45) is 0 Å². The maximum Gasteiger partial charge on any atom is 0.322 e. The number of aromatic nitrogens is 3. The van der Waals surface area contributed by atoms with E-state index in [1.54, 1.807) is 0 Å². The number of halogens is 1. The second-order valence-corrected chi connectivity index (χ2v) is 5.89. The number of anilines is 1. The third kappa shape index (κ3) is 2.74. The lowest BCUT2D eigenvalue weighted by Gasteiger charge is -1.96. The monoisotopic (exact) mass is 340 g/mol. The van der Waals surface area contributed by atoms with Gasteiger partial charge in [-0.15, -0.1) is 16.4 Å². The Morgan fingerprint density at radius 1 is 1.08 bits per heavy atom. The molecule has 0 saturated heterocycles. The highest BCUT2D eigenvalue weighted by molar-refractivity contribution is 7.20. The van der Waals surface area contributed by atoms with Crippen LogP contribution in [0.4, 0.5) is 10.4 Å². The Labute approximate surface area is 139 Å². The molecule has 0 saturated carbocycles. The number of rotatable bonds is 3. The Hall–Kier alpha value is -3.13. The van der Waals surface area contributed by atoms with Gasteiger partial charge in [-0.3, -0.25) is 10.1 Å². The maximum absolute atomic E-state index is 12.9. The zero-order chi connectivity index (χ0) is 16.5. The van der Waals surface area contributed by atoms with Crippen molar-refractivity contribution in [3.8, 4) is 11.5 Å². The van der Waals surface area contributed by atoms with Crippen LogP contribution in [0.1, 0.15) is 9.80 Å². The van der Waals surface area contributed by atoms with Crippen LogP contribution in [0, 0.1) is 5.82 Å². The van der Waals surface area contributed by atoms with Crippen molar-refractivity contribution < 1.29 is 13.6 Å². The van der Waals surface area contributed by atoms with Crippen LogP contribution in [0.3, 0.4) is 0 Å². The molecule has 1 amide bonds. The smallest absolute Gasteiger partial charge is 0.322 e. The van der Waals surface area contributed by atoms with Gasteiger partial charge in [0.25, 0.3) is 5.91 Å². The third-order valence-corrected chi connectivity index (χ3v) is 4.26. The van der Waals surface area contributed by atoms with Crippen molar-refractivity contribution in [1.82, 2.24) is 15.2 Å². The van der Waals surface area contributed by atoms with Crippen LogP contribution in [0.5, 0.6) is 0 Å². The molecule has 1 N–H and O–H groups in total. The van der Waals surface area contributed by atoms with E-state index in [9.17, 15) is 9.18 Å². The van der Waals surface area contributed by atoms with E-state index in [1.807, 2.05) is 24.3 Å². The van der Waals surface area contributed by atoms with Crippen LogP contribution >= 0.6 is 11.3 Å². The summed E-state index contributed by atoms with van der Waals surface area (Å²) in [6.07, 6.45) is 0. The van der Waals surface area contributed by atoms with E-state index >= 15 is 0 Å². The predicted molar refractivity (Wildman–Crippen MR) is 87.3 cm³/mol. The average Bonchev–Trinajstić information content (AvgIpc) is 3.22. The fourth-order valence-corrected chi connectivity index (χ4v) is 2.96. The first kappa shape index (κ1) is 14.5. The van der Waals surface area contributed by atoms with E-state index in [0.717, 1.165) is 10.2 Å². The minimum absolute atomic E-state index is 0.0430. The maximum atomic E-state index is 12.9. The van der Waals surface area contributed by atoms with Gasteiger partial charge >= 0.3 is 6.01 Å². The summed E-state index contributed by atoms with van der Waals surface area (Å²) in [4.78, 5) is 16.5. The number of amides is 1. The number of carbonyl (C=O) groups excluding carboxylic acids is 1. The second kappa shape index (κ2) is 5.82. The number of hydrogen-bond donors (Lipinski definition) is 1. The summed E-state index contributed by atoms with van der Waals surface area (Å²) >= 11 is 1.27. The normalized spacial score (nSPS) is 10.9. The summed E-state index contributed by atoms with van der Waals surface area (Å²) in [5.41, 5.74) is 1.31. The largest absolute Gasteiger partial charge is 0.403 e. The standard InChI is InChI=1S/C16H9FN4O2S/c17-10-7-5-9(6-8-10)14-20-21-16(23-14)19-13(22)15-18-11-3-1-2-4-12(11)24-15/h1-8H,(H,19,21,22). The van der Waals surface area contributed by atoms with Crippen LogP contribution < -0.4 is 5.32 Å². The molecule has 8 heteroatoms. The Morgan fingerprint density at radius 3 is 2.67 bits per heavy atom. The van der Waals surface area contributed by atoms with Crippen LogP contribution in [-0.4, -0.2) is 21.1 Å². The molecule has 0 aliphatic rings. The average molecular weight is 340 g/mol. The molecule has 0 fully saturated rings. The van der Waals surface area contributed by atoms with Gasteiger partial charge in [-0.1, -0.05) is 17.2 Å². The molecule has 0 spiro atoms. The Morgan fingerprint density at radius 2 is 1.88 bits per heavy atom. The summed E-state index contributed by atoms with van der Waals surface area (Å²) in [7, 11) is 0. The Bertz CT molecular complexity index is 993. The minimum atomic E-state index is -0.425. The molecular formula is C16H9FN4O2S. The molecule has 0 atom stereocenters. The number of carbonyl (C=O) groups is 1. The minimum Gasteiger partial charge on any atom is -0.403 e. The third-order valence-electron chi connectivity index (χ3n) is 3.22. The molecule has 2 aromatic carbocycles. The highest BCUT2D eigenvalue weighted by Gasteiger charge is 2.16. The van der Waals surface area contributed by atoms with Crippen molar-refractivity contribution in [3.05, 3.63) is 59.4 Å². The number of para-hydroxylation sites is 1. The molecule has 0 aliphatic carbocycles. The molecule has 6 nitrogen and oxygen atoms in total. The zero-order valence-corrected chi connectivity index (χ0v) is 12.9. The van der Waals surface area contributed by atoms with Gasteiger partial charge in [0.15, 0.2) is 5.01 Å². The van der Waals surface area contributed by atoms with Gasteiger partial charge < -0.3 is 4.42 Å². The second-order valence-electron chi connectivity index (χ2n) is 4.86. The number of benzene rings is 2. The van der Waals surface area contributed by atoms with Crippen molar-refractivity contribution in [3.63, 3.8) is 0 Å². The Balaban J connectivity index is 1.54. The van der Waals surface area contributed by atoms with Gasteiger partial charge in [0.2, 0.25) is 5.89 Å². The number of fused-ring (bicyclic) bond motifs is 1. The highest BCUT2D eigenvalue weighted by atomic mass is 32.1. The summed E-state index contributed by atoms with van der Waals surface area (Å²) in [5.74, 6) is -0.595. The molecule has 0 radical (unpaired) electrons. The van der Waals surface area contributed by atoms with Gasteiger partial charge in [0.05, 0.1) is 10.2 Å². The molecule has 4 rings (SSSR count). The van der Waals surface area contributed by atoms with Gasteiger partial charge in [-0.2, -0.15) is 0 Å². The van der Waals surface area contributed by atoms with Gasteiger partial charge in [-0.25, -0.2) is 9.37 Å². The molecule has 118 valence electrons. The fourth-order valence-electron chi connectivity index (χ4n) is 2.10. The number of nitrogens with one attached hydrogen (secondary N) is 1. The molecule has 2 aromatic heterocycles. The topological polar surface area (TPSA) is 80.9 Å². The first-order valence-electron chi connectivity index (χ1n) is 6.95. The van der Waals surface area contributed by atoms with Gasteiger partial charge in [0, 0.05) is 5.56 Å². The molecule has 0 unspecified atom stereocenters. The van der Waals surface area contributed by atoms with Crippen molar-refractivity contribution in [2.45, 2.75) is 0 Å². The first-order chi connectivity index (χ1) is 11.7. The SMILES string of the molecule is O=C(Nc1nnc(-c2ccc(F)cc2)o1)c1nc2ccccc2s1. The van der Waals surface area contributed by atoms with Crippen LogP contribution in [0.15, 0.2) is 52.9 Å². The van der Waals surface area contributed by atoms with Crippen molar-refractivity contribution in [2.75, 3.05) is 5.32 Å². The van der Waals surface area contributed by atoms with Gasteiger partial charge in [0.1, 0.15) is 5.82 Å². The summed E-state index contributed by atoms with van der Waals surface area (Å²) < 4.78 is 19.2. The van der Waals surface area contributed by atoms with E-state index in [0.29, 0.717) is 10.6 Å². The highest BCUT2D eigenvalue weighted by Crippen LogP contribution is 2.23. The molecular weight excluding hydrogens is 331 g/mol. The zero-order valence-electron chi connectivity index (χ0n) is 12.1. The van der Waals surface area contributed by atoms with Gasteiger partial charge in [-0.05, 0) is 36.4 Å². The van der Waals surface area contributed by atoms with Crippen LogP contribution in [-0.2, 0) is 0 Å². The first-order valence-corrected chi connectivity index (χ1v) is 7.77. The summed E-state index contributed by atoms with van der Waals surface area (Å²) in [5, 5.41) is 10.4. The molecule has 24 heavy (non-hydrogen) atoms. The Kier molecular flexibility index (Phi) is 3.51. The van der Waals surface area contributed by atoms with Crippen LogP contribution in [0.25, 0.3) is 21.7 Å². The van der Waals surface area contributed by atoms with E-state index in [4.69, 9.17) is 4.42 Å².